The van der Waals surface area contributed by atoms with E-state index in [1.165, 1.54) is 24.8 Å². The van der Waals surface area contributed by atoms with Crippen molar-refractivity contribution in [2.75, 3.05) is 0 Å². The van der Waals surface area contributed by atoms with Crippen LogP contribution in [-0.4, -0.2) is 28.1 Å². The number of carboxylic acids is 1. The number of allylic oxidation sites excluding steroid dienone is 1. The first-order chi connectivity index (χ1) is 16.2. The number of unbranched alkanes of at least 4 members (excludes halogenated alkanes) is 1. The van der Waals surface area contributed by atoms with Crippen molar-refractivity contribution < 1.29 is 19.8 Å². The second-order valence-corrected chi connectivity index (χ2v) is 13.3. The third-order valence-corrected chi connectivity index (χ3v) is 11.9. The molecule has 190 valence electrons. The van der Waals surface area contributed by atoms with Gasteiger partial charge in [0, 0.05) is 6.42 Å². The fraction of sp³-hybridized carbons (Fsp3) is 0.867. The molecule has 2 N–H and O–H groups in total. The normalized spacial score (nSPS) is 43.4. The quantitative estimate of drug-likeness (QED) is 0.424. The summed E-state index contributed by atoms with van der Waals surface area (Å²) in [6.45, 7) is 4.81. The molecule has 0 aromatic carbocycles. The zero-order valence-electron chi connectivity index (χ0n) is 21.5. The van der Waals surface area contributed by atoms with Crippen LogP contribution in [0.3, 0.4) is 0 Å². The molecule has 0 aromatic rings. The van der Waals surface area contributed by atoms with Crippen LogP contribution in [0.25, 0.3) is 0 Å². The lowest BCUT2D eigenvalue weighted by atomic mass is 9.45. The van der Waals surface area contributed by atoms with Gasteiger partial charge in [-0.25, -0.2) is 0 Å². The van der Waals surface area contributed by atoms with Crippen LogP contribution in [0.5, 0.6) is 0 Å². The zero-order chi connectivity index (χ0) is 24.1. The second-order valence-electron chi connectivity index (χ2n) is 13.3. The highest BCUT2D eigenvalue weighted by Gasteiger charge is 2.60. The van der Waals surface area contributed by atoms with Crippen LogP contribution in [0.4, 0.5) is 0 Å². The monoisotopic (exact) mass is 470 g/mol. The molecule has 0 aromatic heterocycles. The summed E-state index contributed by atoms with van der Waals surface area (Å²) in [5.41, 5.74) is 1.10. The van der Waals surface area contributed by atoms with Gasteiger partial charge in [-0.2, -0.15) is 0 Å². The highest BCUT2D eigenvalue weighted by Crippen LogP contribution is 2.66. The molecule has 0 heterocycles. The average Bonchev–Trinajstić information content (AvgIpc) is 3.12. The van der Waals surface area contributed by atoms with Crippen molar-refractivity contribution in [1.82, 2.24) is 0 Å². The van der Waals surface area contributed by atoms with Crippen LogP contribution in [0, 0.1) is 39.9 Å². The minimum atomic E-state index is -0.587. The van der Waals surface area contributed by atoms with E-state index in [2.05, 4.69) is 13.8 Å². The van der Waals surface area contributed by atoms with Crippen LogP contribution in [-0.2, 0) is 9.59 Å². The topological polar surface area (TPSA) is 74.6 Å². The van der Waals surface area contributed by atoms with E-state index >= 15 is 0 Å². The molecule has 0 amide bonds. The number of fused-ring (bicyclic) bond motifs is 5. The number of aliphatic carboxylic acids is 1. The van der Waals surface area contributed by atoms with E-state index in [9.17, 15) is 19.8 Å². The Hall–Kier alpha value is -1.16. The van der Waals surface area contributed by atoms with Crippen molar-refractivity contribution in [3.63, 3.8) is 0 Å². The first kappa shape index (κ1) is 24.5. The Morgan fingerprint density at radius 2 is 1.76 bits per heavy atom. The van der Waals surface area contributed by atoms with E-state index in [0.29, 0.717) is 35.9 Å². The van der Waals surface area contributed by atoms with Crippen LogP contribution < -0.4 is 0 Å². The maximum Gasteiger partial charge on any atom is 0.309 e. The van der Waals surface area contributed by atoms with Crippen molar-refractivity contribution >= 4 is 11.8 Å². The molecule has 5 aliphatic rings. The summed E-state index contributed by atoms with van der Waals surface area (Å²) in [5.74, 6) is 2.03. The molecular formula is C30H46O4. The third-order valence-electron chi connectivity index (χ3n) is 11.9. The molecule has 0 bridgehead atoms. The molecule has 4 heteroatoms. The molecule has 0 aliphatic heterocycles. The van der Waals surface area contributed by atoms with E-state index in [1.807, 2.05) is 6.08 Å². The minimum Gasteiger partial charge on any atom is -0.481 e. The third kappa shape index (κ3) is 3.82. The molecule has 5 rings (SSSR count). The molecule has 0 saturated heterocycles. The van der Waals surface area contributed by atoms with E-state index in [0.717, 1.165) is 77.0 Å². The zero-order valence-corrected chi connectivity index (χ0v) is 21.5. The lowest BCUT2D eigenvalue weighted by molar-refractivity contribution is -0.151. The number of rotatable bonds is 6. The standard InChI is InChI=1S/C30H46O4/c1-28-17-13-25-23(24(28)11-12-26(28)32)10-9-21-19-22(31)18-20(29(21,25)2)8-4-7-16-30(27(33)34)14-5-3-6-15-30/h19-20,23-26,32H,3-18H2,1-2H3,(H,33,34)/t20?,23-,24-,25-,26-,28-,29-/m0/s1. The summed E-state index contributed by atoms with van der Waals surface area (Å²) in [5, 5.41) is 20.7. The molecule has 4 fully saturated rings. The Morgan fingerprint density at radius 3 is 2.50 bits per heavy atom. The summed E-state index contributed by atoms with van der Waals surface area (Å²) in [6, 6.07) is 0. The molecule has 0 spiro atoms. The second kappa shape index (κ2) is 9.05. The van der Waals surface area contributed by atoms with Gasteiger partial charge in [-0.05, 0) is 105 Å². The first-order valence-corrected chi connectivity index (χ1v) is 14.4. The van der Waals surface area contributed by atoms with Crippen LogP contribution in [0.1, 0.15) is 117 Å². The highest BCUT2D eigenvalue weighted by molar-refractivity contribution is 5.92. The number of ketones is 1. The molecular weight excluding hydrogens is 424 g/mol. The Bertz CT molecular complexity index is 839. The Labute approximate surface area is 206 Å². The van der Waals surface area contributed by atoms with Crippen LogP contribution in [0.2, 0.25) is 0 Å². The minimum absolute atomic E-state index is 0.0872. The predicted molar refractivity (Wildman–Crippen MR) is 133 cm³/mol. The van der Waals surface area contributed by atoms with Gasteiger partial charge in [0.05, 0.1) is 11.5 Å². The number of aliphatic hydroxyl groups is 1. The molecule has 1 unspecified atom stereocenters. The van der Waals surface area contributed by atoms with Crippen LogP contribution in [0.15, 0.2) is 11.6 Å². The molecule has 4 saturated carbocycles. The SMILES string of the molecule is C[C@]12CC[C@H]3[C@@H](CCC4=CC(=O)CC(CCCCC5(C(=O)O)CCCCC5)[C@@]43C)[C@@H]1CC[C@@H]2O. The first-order valence-electron chi connectivity index (χ1n) is 14.4. The number of hydrogen-bond acceptors (Lipinski definition) is 3. The molecule has 7 atom stereocenters. The highest BCUT2D eigenvalue weighted by atomic mass is 16.4. The maximum atomic E-state index is 12.7. The van der Waals surface area contributed by atoms with Gasteiger partial charge in [0.1, 0.15) is 0 Å². The van der Waals surface area contributed by atoms with Gasteiger partial charge in [0.15, 0.2) is 5.78 Å². The van der Waals surface area contributed by atoms with Gasteiger partial charge in [0.2, 0.25) is 0 Å². The van der Waals surface area contributed by atoms with Crippen LogP contribution >= 0.6 is 0 Å². The average molecular weight is 471 g/mol. The van der Waals surface area contributed by atoms with E-state index in [4.69, 9.17) is 0 Å². The smallest absolute Gasteiger partial charge is 0.309 e. The van der Waals surface area contributed by atoms with E-state index < -0.39 is 11.4 Å². The predicted octanol–water partition coefficient (Wildman–Crippen LogP) is 6.70. The largest absolute Gasteiger partial charge is 0.481 e. The van der Waals surface area contributed by atoms with Gasteiger partial charge >= 0.3 is 5.97 Å². The molecule has 0 radical (unpaired) electrons. The molecule has 4 nitrogen and oxygen atoms in total. The van der Waals surface area contributed by atoms with Gasteiger partial charge in [0.25, 0.3) is 0 Å². The Morgan fingerprint density at radius 1 is 1.00 bits per heavy atom. The van der Waals surface area contributed by atoms with Crippen molar-refractivity contribution in [2.45, 2.75) is 123 Å². The Kier molecular flexibility index (Phi) is 6.53. The summed E-state index contributed by atoms with van der Waals surface area (Å²) < 4.78 is 0. The number of hydrogen-bond donors (Lipinski definition) is 2. The maximum absolute atomic E-state index is 12.7. The summed E-state index contributed by atoms with van der Waals surface area (Å²) in [6.07, 6.45) is 18.0. The number of carbonyl (C=O) groups is 2. The number of carbonyl (C=O) groups excluding carboxylic acids is 1. The number of aliphatic hydroxyl groups excluding tert-OH is 1. The van der Waals surface area contributed by atoms with E-state index in [-0.39, 0.29) is 16.9 Å². The van der Waals surface area contributed by atoms with Gasteiger partial charge < -0.3 is 10.2 Å². The summed E-state index contributed by atoms with van der Waals surface area (Å²) in [4.78, 5) is 24.8. The molecule has 34 heavy (non-hydrogen) atoms. The van der Waals surface area contributed by atoms with E-state index in [1.54, 1.807) is 0 Å². The lowest BCUT2D eigenvalue weighted by Crippen LogP contribution is -2.53. The fourth-order valence-electron chi connectivity index (χ4n) is 9.79. The summed E-state index contributed by atoms with van der Waals surface area (Å²) in [7, 11) is 0. The van der Waals surface area contributed by atoms with Gasteiger partial charge in [-0.1, -0.05) is 51.5 Å². The van der Waals surface area contributed by atoms with Crippen molar-refractivity contribution in [2.24, 2.45) is 39.9 Å². The van der Waals surface area contributed by atoms with Crippen molar-refractivity contribution in [3.05, 3.63) is 11.6 Å². The van der Waals surface area contributed by atoms with Crippen molar-refractivity contribution in [1.29, 1.82) is 0 Å². The number of carboxylic acid groups (broad SMARTS) is 1. The van der Waals surface area contributed by atoms with Gasteiger partial charge in [-0.15, -0.1) is 0 Å². The lowest BCUT2D eigenvalue weighted by Gasteiger charge is -2.60. The fourth-order valence-corrected chi connectivity index (χ4v) is 9.79. The Balaban J connectivity index is 1.30. The summed E-state index contributed by atoms with van der Waals surface area (Å²) >= 11 is 0. The van der Waals surface area contributed by atoms with Gasteiger partial charge in [-0.3, -0.25) is 9.59 Å². The molecule has 5 aliphatic carbocycles. The van der Waals surface area contributed by atoms with Crippen molar-refractivity contribution in [3.8, 4) is 0 Å².